The van der Waals surface area contributed by atoms with Crippen molar-refractivity contribution in [3.63, 3.8) is 0 Å². The fourth-order valence-electron chi connectivity index (χ4n) is 5.23. The smallest absolute Gasteiger partial charge is 0.221 e. The van der Waals surface area contributed by atoms with Crippen LogP contribution in [-0.2, 0) is 16.1 Å². The Balaban J connectivity index is 1.27. The number of hydrogen-bond donors (Lipinski definition) is 1. The van der Waals surface area contributed by atoms with Gasteiger partial charge in [-0.2, -0.15) is 5.10 Å². The van der Waals surface area contributed by atoms with Gasteiger partial charge >= 0.3 is 0 Å². The first-order valence-electron chi connectivity index (χ1n) is 10.3. The largest absolute Gasteiger partial charge is 0.370 e. The van der Waals surface area contributed by atoms with Crippen LogP contribution in [0, 0.1) is 11.8 Å². The maximum Gasteiger partial charge on any atom is 0.221 e. The highest BCUT2D eigenvalue weighted by molar-refractivity contribution is 5.75. The second-order valence-electron chi connectivity index (χ2n) is 8.66. The number of nitrogens with one attached hydrogen (secondary N) is 1. The minimum absolute atomic E-state index is 0.0556. The highest BCUT2D eigenvalue weighted by atomic mass is 16.5. The monoisotopic (exact) mass is 372 g/mol. The van der Waals surface area contributed by atoms with Gasteiger partial charge in [0.2, 0.25) is 5.91 Å². The summed E-state index contributed by atoms with van der Waals surface area (Å²) >= 11 is 0. The van der Waals surface area contributed by atoms with Crippen molar-refractivity contribution in [1.29, 1.82) is 0 Å². The van der Waals surface area contributed by atoms with Crippen molar-refractivity contribution in [2.75, 3.05) is 26.2 Å². The van der Waals surface area contributed by atoms with Gasteiger partial charge in [0, 0.05) is 63.4 Å². The molecule has 1 N–H and O–H groups in total. The summed E-state index contributed by atoms with van der Waals surface area (Å²) in [7, 11) is 0. The first-order valence-corrected chi connectivity index (χ1v) is 10.3. The number of hydrogen-bond acceptors (Lipinski definition) is 4. The summed E-state index contributed by atoms with van der Waals surface area (Å²) in [6.07, 6.45) is 10.2. The van der Waals surface area contributed by atoms with Gasteiger partial charge in [0.05, 0.1) is 11.7 Å². The van der Waals surface area contributed by atoms with E-state index in [0.29, 0.717) is 30.9 Å². The maximum atomic E-state index is 12.3. The lowest BCUT2D eigenvalue weighted by molar-refractivity contribution is -0.121. The van der Waals surface area contributed by atoms with E-state index in [9.17, 15) is 4.79 Å². The van der Waals surface area contributed by atoms with Crippen molar-refractivity contribution in [1.82, 2.24) is 20.0 Å². The Morgan fingerprint density at radius 1 is 1.41 bits per heavy atom. The van der Waals surface area contributed by atoms with Gasteiger partial charge in [-0.15, -0.1) is 0 Å². The third kappa shape index (κ3) is 3.97. The molecule has 0 radical (unpaired) electrons. The molecule has 0 aromatic carbocycles. The van der Waals surface area contributed by atoms with E-state index in [1.54, 1.807) is 10.9 Å². The van der Waals surface area contributed by atoms with Crippen LogP contribution < -0.4 is 5.32 Å². The minimum Gasteiger partial charge on any atom is -0.370 e. The van der Waals surface area contributed by atoms with Gasteiger partial charge in [-0.05, 0) is 39.2 Å². The molecular weight excluding hydrogens is 340 g/mol. The number of aryl methyl sites for hydroxylation is 1. The van der Waals surface area contributed by atoms with Crippen molar-refractivity contribution < 1.29 is 9.53 Å². The lowest BCUT2D eigenvalue weighted by Gasteiger charge is -2.29. The molecule has 6 nitrogen and oxygen atoms in total. The molecule has 0 aliphatic carbocycles. The quantitative estimate of drug-likeness (QED) is 0.711. The molecule has 3 saturated heterocycles. The van der Waals surface area contributed by atoms with Crippen LogP contribution in [0.4, 0.5) is 0 Å². The molecule has 148 valence electrons. The standard InChI is InChI=1S/C21H32N4O2/c1-16(2)5-3-10-24-14-18-17(19-6-8-21(18,15-24)27-19)13-22-20(26)7-12-25-11-4-9-23-25/h4-5,9,11,17-19H,3,6-8,10,12-15H2,1-2H3,(H,22,26)/t17-,18+,19+,21+/m0/s1. The maximum absolute atomic E-state index is 12.3. The fourth-order valence-corrected chi connectivity index (χ4v) is 5.23. The van der Waals surface area contributed by atoms with E-state index >= 15 is 0 Å². The third-order valence-corrected chi connectivity index (χ3v) is 6.51. The number of fused-ring (bicyclic) bond motifs is 1. The average Bonchev–Trinajstić information content (AvgIpc) is 3.38. The molecule has 0 saturated carbocycles. The van der Waals surface area contributed by atoms with Crippen LogP contribution in [0.25, 0.3) is 0 Å². The molecule has 3 fully saturated rings. The van der Waals surface area contributed by atoms with Crippen LogP contribution in [0.2, 0.25) is 0 Å². The van der Waals surface area contributed by atoms with Crippen LogP contribution in [0.15, 0.2) is 30.1 Å². The van der Waals surface area contributed by atoms with Gasteiger partial charge in [0.25, 0.3) is 0 Å². The Labute approximate surface area is 161 Å². The van der Waals surface area contributed by atoms with Crippen molar-refractivity contribution in [3.8, 4) is 0 Å². The number of aromatic nitrogens is 2. The molecule has 4 atom stereocenters. The van der Waals surface area contributed by atoms with E-state index in [1.807, 2.05) is 12.3 Å². The highest BCUT2D eigenvalue weighted by Crippen LogP contribution is 2.54. The molecule has 1 aromatic rings. The topological polar surface area (TPSA) is 59.4 Å². The molecule has 27 heavy (non-hydrogen) atoms. The van der Waals surface area contributed by atoms with Crippen LogP contribution in [0.5, 0.6) is 0 Å². The second kappa shape index (κ2) is 7.76. The van der Waals surface area contributed by atoms with Crippen LogP contribution in [-0.4, -0.2) is 58.5 Å². The number of rotatable bonds is 8. The molecule has 1 aromatic heterocycles. The predicted octanol–water partition coefficient (Wildman–Crippen LogP) is 2.23. The molecule has 3 aliphatic heterocycles. The van der Waals surface area contributed by atoms with Crippen molar-refractivity contribution in [2.24, 2.45) is 11.8 Å². The van der Waals surface area contributed by atoms with E-state index in [0.717, 1.165) is 39.0 Å². The number of carbonyl (C=O) groups is 1. The Kier molecular flexibility index (Phi) is 5.37. The van der Waals surface area contributed by atoms with Gasteiger partial charge in [0.1, 0.15) is 0 Å². The zero-order valence-electron chi connectivity index (χ0n) is 16.6. The highest BCUT2D eigenvalue weighted by Gasteiger charge is 2.62. The molecule has 4 heterocycles. The summed E-state index contributed by atoms with van der Waals surface area (Å²) < 4.78 is 8.28. The average molecular weight is 373 g/mol. The van der Waals surface area contributed by atoms with Gasteiger partial charge in [-0.1, -0.05) is 11.6 Å². The van der Waals surface area contributed by atoms with Crippen LogP contribution in [0.1, 0.15) is 39.5 Å². The first kappa shape index (κ1) is 18.7. The van der Waals surface area contributed by atoms with E-state index in [-0.39, 0.29) is 11.5 Å². The molecule has 3 aliphatic rings. The normalized spacial score (nSPS) is 31.9. The summed E-state index contributed by atoms with van der Waals surface area (Å²) in [5.41, 5.74) is 1.44. The van der Waals surface area contributed by atoms with Gasteiger partial charge in [-0.3, -0.25) is 14.4 Å². The molecule has 1 spiro atoms. The summed E-state index contributed by atoms with van der Waals surface area (Å²) in [5.74, 6) is 1.14. The van der Waals surface area contributed by atoms with E-state index in [1.165, 1.54) is 12.0 Å². The zero-order valence-corrected chi connectivity index (χ0v) is 16.6. The van der Waals surface area contributed by atoms with Crippen LogP contribution in [0.3, 0.4) is 0 Å². The predicted molar refractivity (Wildman–Crippen MR) is 104 cm³/mol. The lowest BCUT2D eigenvalue weighted by atomic mass is 9.73. The summed E-state index contributed by atoms with van der Waals surface area (Å²) in [6, 6.07) is 1.88. The number of likely N-dealkylation sites (tertiary alicyclic amines) is 1. The Hall–Kier alpha value is -1.66. The van der Waals surface area contributed by atoms with E-state index < -0.39 is 0 Å². The van der Waals surface area contributed by atoms with Crippen molar-refractivity contribution in [3.05, 3.63) is 30.1 Å². The molecule has 2 bridgehead atoms. The Morgan fingerprint density at radius 2 is 2.30 bits per heavy atom. The Bertz CT molecular complexity index is 682. The van der Waals surface area contributed by atoms with Crippen molar-refractivity contribution >= 4 is 5.91 Å². The summed E-state index contributed by atoms with van der Waals surface area (Å²) in [6.45, 7) is 8.99. The number of ether oxygens (including phenoxy) is 1. The van der Waals surface area contributed by atoms with E-state index in [2.05, 4.69) is 35.2 Å². The molecule has 0 unspecified atom stereocenters. The number of allylic oxidation sites excluding steroid dienone is 1. The number of carbonyl (C=O) groups excluding carboxylic acids is 1. The zero-order chi connectivity index (χ0) is 18.9. The molecule has 1 amide bonds. The minimum atomic E-state index is 0.0556. The molecule has 6 heteroatoms. The van der Waals surface area contributed by atoms with Gasteiger partial charge < -0.3 is 10.1 Å². The fraction of sp³-hybridized carbons (Fsp3) is 0.714. The van der Waals surface area contributed by atoms with Gasteiger partial charge in [0.15, 0.2) is 0 Å². The SMILES string of the molecule is CC(C)=CCCN1C[C@@H]2[C@H](CNC(=O)CCn3cccn3)[C@H]3CC[C@]2(C1)O3. The lowest BCUT2D eigenvalue weighted by Crippen LogP contribution is -2.42. The summed E-state index contributed by atoms with van der Waals surface area (Å²) in [4.78, 5) is 14.8. The second-order valence-corrected chi connectivity index (χ2v) is 8.66. The van der Waals surface area contributed by atoms with E-state index in [4.69, 9.17) is 4.74 Å². The Morgan fingerprint density at radius 3 is 3.07 bits per heavy atom. The number of nitrogens with zero attached hydrogens (tertiary/aromatic N) is 3. The molecular formula is C21H32N4O2. The molecule has 4 rings (SSSR count). The van der Waals surface area contributed by atoms with Crippen LogP contribution >= 0.6 is 0 Å². The first-order chi connectivity index (χ1) is 13.1. The van der Waals surface area contributed by atoms with Gasteiger partial charge in [-0.25, -0.2) is 0 Å². The third-order valence-electron chi connectivity index (χ3n) is 6.51. The number of amides is 1. The van der Waals surface area contributed by atoms with Crippen molar-refractivity contribution in [2.45, 2.75) is 57.8 Å². The summed E-state index contributed by atoms with van der Waals surface area (Å²) in [5, 5.41) is 7.32.